The molecule has 3 N–H and O–H groups in total. The summed E-state index contributed by atoms with van der Waals surface area (Å²) in [6, 6.07) is 11.8. The molecule has 11 nitrogen and oxygen atoms in total. The fourth-order valence-electron chi connectivity index (χ4n) is 2.37. The molecule has 2 heterocycles. The van der Waals surface area contributed by atoms with Crippen molar-refractivity contribution in [2.24, 2.45) is 0 Å². The first-order chi connectivity index (χ1) is 14.3. The zero-order valence-corrected chi connectivity index (χ0v) is 16.8. The maximum atomic E-state index is 12.2. The number of nitrogens with zero attached hydrogens (tertiary/aromatic N) is 4. The highest BCUT2D eigenvalue weighted by atomic mass is 32.2. The number of hydrogen-bond donors (Lipinski definition) is 3. The van der Waals surface area contributed by atoms with Crippen molar-refractivity contribution < 1.29 is 13.3 Å². The Morgan fingerprint density at radius 2 is 1.60 bits per heavy atom. The molecule has 12 heteroatoms. The van der Waals surface area contributed by atoms with Gasteiger partial charge in [-0.25, -0.2) is 18.1 Å². The summed E-state index contributed by atoms with van der Waals surface area (Å²) in [5, 5.41) is 24.7. The Kier molecular flexibility index (Phi) is 6.49. The number of nitrogens with one attached hydrogen (secondary N) is 3. The summed E-state index contributed by atoms with van der Waals surface area (Å²) in [4.78, 5) is 14.2. The van der Waals surface area contributed by atoms with Crippen LogP contribution in [0, 0.1) is 17.0 Å². The summed E-state index contributed by atoms with van der Waals surface area (Å²) < 4.78 is 26.8. The first-order valence-electron chi connectivity index (χ1n) is 8.85. The Hall–Kier alpha value is -3.64. The van der Waals surface area contributed by atoms with Gasteiger partial charge in [0.25, 0.3) is 5.69 Å². The maximum Gasteiger partial charge on any atom is 0.269 e. The molecule has 1 aromatic carbocycles. The van der Waals surface area contributed by atoms with Crippen LogP contribution in [0.4, 0.5) is 23.1 Å². The highest BCUT2D eigenvalue weighted by Crippen LogP contribution is 2.16. The number of anilines is 3. The molecule has 30 heavy (non-hydrogen) atoms. The molecule has 0 aliphatic rings. The van der Waals surface area contributed by atoms with E-state index in [0.717, 1.165) is 17.7 Å². The van der Waals surface area contributed by atoms with Crippen molar-refractivity contribution >= 4 is 33.2 Å². The molecule has 0 aliphatic heterocycles. The van der Waals surface area contributed by atoms with Crippen LogP contribution in [0.1, 0.15) is 5.56 Å². The van der Waals surface area contributed by atoms with Gasteiger partial charge in [-0.2, -0.15) is 0 Å². The third-order valence-electron chi connectivity index (χ3n) is 3.91. The standard InChI is InChI=1S/C18H19N7O4S/c1-13-2-7-16(20-12-13)22-18-9-8-17(23-24-18)19-10-11-21-30(28,29)15-5-3-14(4-6-15)25(26)27/h2-9,12,21H,10-11H2,1H3,(H,19,23)(H,20,22,24). The molecule has 156 valence electrons. The molecule has 0 unspecified atom stereocenters. The van der Waals surface area contributed by atoms with Crippen molar-refractivity contribution in [3.8, 4) is 0 Å². The molecule has 0 bridgehead atoms. The topological polar surface area (TPSA) is 152 Å². The third-order valence-corrected chi connectivity index (χ3v) is 5.39. The van der Waals surface area contributed by atoms with Crippen LogP contribution < -0.4 is 15.4 Å². The van der Waals surface area contributed by atoms with Crippen molar-refractivity contribution in [2.75, 3.05) is 23.7 Å². The Balaban J connectivity index is 1.47. The predicted molar refractivity (Wildman–Crippen MR) is 111 cm³/mol. The molecule has 3 rings (SSSR count). The van der Waals surface area contributed by atoms with Crippen molar-refractivity contribution in [1.29, 1.82) is 0 Å². The third kappa shape index (κ3) is 5.68. The van der Waals surface area contributed by atoms with Gasteiger partial charge in [-0.15, -0.1) is 10.2 Å². The number of aryl methyl sites for hydroxylation is 1. The summed E-state index contributed by atoms with van der Waals surface area (Å²) in [5.74, 6) is 1.65. The van der Waals surface area contributed by atoms with Crippen LogP contribution in [0.5, 0.6) is 0 Å². The number of pyridine rings is 1. The molecule has 0 amide bonds. The number of benzene rings is 1. The maximum absolute atomic E-state index is 12.2. The number of nitro benzene ring substituents is 1. The average molecular weight is 429 g/mol. The normalized spacial score (nSPS) is 11.1. The minimum Gasteiger partial charge on any atom is -0.367 e. The Bertz CT molecular complexity index is 1100. The molecule has 0 atom stereocenters. The van der Waals surface area contributed by atoms with E-state index < -0.39 is 14.9 Å². The molecule has 0 saturated heterocycles. The van der Waals surface area contributed by atoms with E-state index in [0.29, 0.717) is 17.5 Å². The molecular formula is C18H19N7O4S. The highest BCUT2D eigenvalue weighted by molar-refractivity contribution is 7.89. The quantitative estimate of drug-likeness (QED) is 0.264. The monoisotopic (exact) mass is 429 g/mol. The van der Waals surface area contributed by atoms with Gasteiger partial charge in [0.05, 0.1) is 9.82 Å². The lowest BCUT2D eigenvalue weighted by molar-refractivity contribution is -0.384. The summed E-state index contributed by atoms with van der Waals surface area (Å²) in [6.07, 6.45) is 1.74. The molecule has 0 fully saturated rings. The largest absolute Gasteiger partial charge is 0.367 e. The average Bonchev–Trinajstić information content (AvgIpc) is 2.74. The first kappa shape index (κ1) is 21.1. The molecule has 2 aromatic heterocycles. The van der Waals surface area contributed by atoms with Crippen LogP contribution in [0.25, 0.3) is 0 Å². The van der Waals surface area contributed by atoms with Crippen molar-refractivity contribution in [2.45, 2.75) is 11.8 Å². The van der Waals surface area contributed by atoms with E-state index in [9.17, 15) is 18.5 Å². The van der Waals surface area contributed by atoms with Gasteiger partial charge in [0, 0.05) is 31.4 Å². The van der Waals surface area contributed by atoms with Crippen LogP contribution in [-0.4, -0.2) is 41.6 Å². The number of nitro groups is 1. The smallest absolute Gasteiger partial charge is 0.269 e. The van der Waals surface area contributed by atoms with E-state index in [4.69, 9.17) is 0 Å². The second-order valence-electron chi connectivity index (χ2n) is 6.23. The van der Waals surface area contributed by atoms with Gasteiger partial charge in [0.15, 0.2) is 5.82 Å². The fourth-order valence-corrected chi connectivity index (χ4v) is 3.40. The van der Waals surface area contributed by atoms with Crippen LogP contribution in [-0.2, 0) is 10.0 Å². The molecule has 0 aliphatic carbocycles. The van der Waals surface area contributed by atoms with Gasteiger partial charge in [-0.05, 0) is 42.8 Å². The van der Waals surface area contributed by atoms with E-state index >= 15 is 0 Å². The van der Waals surface area contributed by atoms with E-state index in [1.165, 1.54) is 12.1 Å². The van der Waals surface area contributed by atoms with E-state index in [2.05, 4.69) is 30.5 Å². The summed E-state index contributed by atoms with van der Waals surface area (Å²) in [7, 11) is -3.77. The molecule has 0 spiro atoms. The van der Waals surface area contributed by atoms with Gasteiger partial charge in [-0.3, -0.25) is 10.1 Å². The second kappa shape index (κ2) is 9.24. The van der Waals surface area contributed by atoms with Crippen LogP contribution in [0.2, 0.25) is 0 Å². The molecular weight excluding hydrogens is 410 g/mol. The number of sulfonamides is 1. The summed E-state index contributed by atoms with van der Waals surface area (Å²) >= 11 is 0. The first-order valence-corrected chi connectivity index (χ1v) is 10.3. The van der Waals surface area contributed by atoms with Gasteiger partial charge >= 0.3 is 0 Å². The van der Waals surface area contributed by atoms with E-state index in [1.54, 1.807) is 18.3 Å². The van der Waals surface area contributed by atoms with Crippen LogP contribution in [0.15, 0.2) is 59.6 Å². The lowest BCUT2D eigenvalue weighted by atomic mass is 10.3. The van der Waals surface area contributed by atoms with E-state index in [-0.39, 0.29) is 23.7 Å². The fraction of sp³-hybridized carbons (Fsp3) is 0.167. The minimum atomic E-state index is -3.77. The van der Waals surface area contributed by atoms with Gasteiger partial charge in [0.2, 0.25) is 10.0 Å². The zero-order valence-electron chi connectivity index (χ0n) is 15.9. The van der Waals surface area contributed by atoms with Gasteiger partial charge in [0.1, 0.15) is 11.6 Å². The van der Waals surface area contributed by atoms with Crippen molar-refractivity contribution in [3.63, 3.8) is 0 Å². The predicted octanol–water partition coefficient (Wildman–Crippen LogP) is 2.22. The van der Waals surface area contributed by atoms with Gasteiger partial charge < -0.3 is 10.6 Å². The second-order valence-corrected chi connectivity index (χ2v) is 7.99. The Morgan fingerprint density at radius 1 is 0.933 bits per heavy atom. The van der Waals surface area contributed by atoms with Crippen LogP contribution in [0.3, 0.4) is 0 Å². The number of non-ortho nitro benzene ring substituents is 1. The lowest BCUT2D eigenvalue weighted by Crippen LogP contribution is -2.29. The summed E-state index contributed by atoms with van der Waals surface area (Å²) in [5.41, 5.74) is 0.876. The minimum absolute atomic E-state index is 0.0481. The summed E-state index contributed by atoms with van der Waals surface area (Å²) in [6.45, 7) is 2.31. The molecule has 0 saturated carbocycles. The van der Waals surface area contributed by atoms with Crippen LogP contribution >= 0.6 is 0 Å². The highest BCUT2D eigenvalue weighted by Gasteiger charge is 2.15. The number of rotatable bonds is 9. The van der Waals surface area contributed by atoms with Gasteiger partial charge in [-0.1, -0.05) is 6.07 Å². The van der Waals surface area contributed by atoms with E-state index in [1.807, 2.05) is 19.1 Å². The van der Waals surface area contributed by atoms with Crippen molar-refractivity contribution in [1.82, 2.24) is 19.9 Å². The Labute approximate surface area is 172 Å². The molecule has 0 radical (unpaired) electrons. The molecule has 3 aromatic rings. The number of hydrogen-bond acceptors (Lipinski definition) is 9. The Morgan fingerprint density at radius 3 is 2.20 bits per heavy atom. The zero-order chi connectivity index (χ0) is 21.6. The van der Waals surface area contributed by atoms with Crippen molar-refractivity contribution in [3.05, 3.63) is 70.4 Å². The SMILES string of the molecule is Cc1ccc(Nc2ccc(NCCNS(=O)(=O)c3ccc([N+](=O)[O-])cc3)nn2)nc1. The number of aromatic nitrogens is 3. The lowest BCUT2D eigenvalue weighted by Gasteiger charge is -2.09.